The average molecular weight is 511 g/mol. The van der Waals surface area contributed by atoms with Crippen LogP contribution in [0.15, 0.2) is 79.3 Å². The summed E-state index contributed by atoms with van der Waals surface area (Å²) in [6, 6.07) is 19.6. The number of hydrogen-bond acceptors (Lipinski definition) is 4. The molecule has 2 atom stereocenters. The fourth-order valence-electron chi connectivity index (χ4n) is 5.10. The largest absolute Gasteiger partial charge is 0.352 e. The van der Waals surface area contributed by atoms with Gasteiger partial charge in [0.1, 0.15) is 0 Å². The Morgan fingerprint density at radius 2 is 1.86 bits per heavy atom. The minimum absolute atomic E-state index is 0.0435. The fraction of sp³-hybridized carbons (Fsp3) is 0.241. The molecule has 8 heteroatoms. The van der Waals surface area contributed by atoms with Gasteiger partial charge in [-0.25, -0.2) is 0 Å². The van der Waals surface area contributed by atoms with Gasteiger partial charge >= 0.3 is 0 Å². The highest BCUT2D eigenvalue weighted by Crippen LogP contribution is 2.41. The number of aromatic nitrogens is 3. The van der Waals surface area contributed by atoms with E-state index in [1.807, 2.05) is 61.7 Å². The summed E-state index contributed by atoms with van der Waals surface area (Å²) in [5, 5.41) is 7.15. The summed E-state index contributed by atoms with van der Waals surface area (Å²) in [6.07, 6.45) is 5.75. The highest BCUT2D eigenvalue weighted by atomic mass is 32.1. The summed E-state index contributed by atoms with van der Waals surface area (Å²) in [5.41, 5.74) is 7.14. The normalized spacial score (nSPS) is 17.1. The summed E-state index contributed by atoms with van der Waals surface area (Å²) < 4.78 is 2.21. The van der Waals surface area contributed by atoms with Crippen LogP contribution in [0.2, 0.25) is 0 Å². The van der Waals surface area contributed by atoms with Crippen molar-refractivity contribution < 1.29 is 4.79 Å². The van der Waals surface area contributed by atoms with Crippen molar-refractivity contribution in [2.45, 2.75) is 39.3 Å². The molecule has 1 aromatic carbocycles. The van der Waals surface area contributed by atoms with Crippen molar-refractivity contribution in [1.82, 2.24) is 24.8 Å². The predicted molar refractivity (Wildman–Crippen MR) is 150 cm³/mol. The van der Waals surface area contributed by atoms with Crippen LogP contribution in [-0.2, 0) is 4.79 Å². The molecule has 0 aliphatic carbocycles. The Hall–Kier alpha value is -4.04. The van der Waals surface area contributed by atoms with Crippen LogP contribution >= 0.6 is 12.2 Å². The van der Waals surface area contributed by atoms with Crippen LogP contribution in [0.1, 0.15) is 46.7 Å². The van der Waals surface area contributed by atoms with E-state index < -0.39 is 0 Å². The lowest BCUT2D eigenvalue weighted by Crippen LogP contribution is -2.33. The number of thiocarbonyl (C=S) groups is 1. The van der Waals surface area contributed by atoms with Crippen LogP contribution < -0.4 is 10.6 Å². The third-order valence-electron chi connectivity index (χ3n) is 6.89. The number of rotatable bonds is 7. The molecule has 0 saturated carbocycles. The molecule has 1 aliphatic rings. The Morgan fingerprint density at radius 1 is 1.05 bits per heavy atom. The molecule has 5 rings (SSSR count). The van der Waals surface area contributed by atoms with Crippen LogP contribution in [0.25, 0.3) is 5.69 Å². The second kappa shape index (κ2) is 10.5. The van der Waals surface area contributed by atoms with Gasteiger partial charge in [0.05, 0.1) is 29.7 Å². The van der Waals surface area contributed by atoms with Crippen molar-refractivity contribution >= 4 is 28.9 Å². The number of pyridine rings is 2. The maximum absolute atomic E-state index is 12.9. The van der Waals surface area contributed by atoms with E-state index in [1.54, 1.807) is 12.4 Å². The second-order valence-corrected chi connectivity index (χ2v) is 9.69. The Kier molecular flexibility index (Phi) is 7.01. The third-order valence-corrected chi connectivity index (χ3v) is 7.24. The van der Waals surface area contributed by atoms with E-state index in [4.69, 9.17) is 12.2 Å². The molecule has 1 saturated heterocycles. The molecule has 1 fully saturated rings. The summed E-state index contributed by atoms with van der Waals surface area (Å²) >= 11 is 5.81. The third kappa shape index (κ3) is 4.97. The molecule has 4 aromatic rings. The van der Waals surface area contributed by atoms with Gasteiger partial charge in [0.15, 0.2) is 5.11 Å². The van der Waals surface area contributed by atoms with Crippen LogP contribution in [0.3, 0.4) is 0 Å². The number of nitrogens with one attached hydrogen (secondary N) is 2. The van der Waals surface area contributed by atoms with Gasteiger partial charge in [-0.2, -0.15) is 0 Å². The number of nitrogens with zero attached hydrogens (tertiary/aromatic N) is 4. The first-order valence-electron chi connectivity index (χ1n) is 12.4. The molecule has 7 nitrogen and oxygen atoms in total. The summed E-state index contributed by atoms with van der Waals surface area (Å²) in [7, 11) is 0. The lowest BCUT2D eigenvalue weighted by atomic mass is 9.96. The van der Waals surface area contributed by atoms with Crippen molar-refractivity contribution in [3.63, 3.8) is 0 Å². The zero-order chi connectivity index (χ0) is 25.9. The summed E-state index contributed by atoms with van der Waals surface area (Å²) in [6.45, 7) is 6.68. The van der Waals surface area contributed by atoms with Gasteiger partial charge in [0.25, 0.3) is 0 Å². The highest BCUT2D eigenvalue weighted by Gasteiger charge is 2.41. The minimum Gasteiger partial charge on any atom is -0.352 e. The lowest BCUT2D eigenvalue weighted by molar-refractivity contribution is -0.116. The van der Waals surface area contributed by atoms with E-state index in [0.29, 0.717) is 18.1 Å². The lowest BCUT2D eigenvalue weighted by Gasteiger charge is -2.28. The molecule has 0 radical (unpaired) electrons. The van der Waals surface area contributed by atoms with Crippen molar-refractivity contribution in [2.24, 2.45) is 0 Å². The number of amides is 1. The molecule has 0 unspecified atom stereocenters. The van der Waals surface area contributed by atoms with Crippen LogP contribution in [-0.4, -0.2) is 37.0 Å². The minimum atomic E-state index is -0.143. The predicted octanol–water partition coefficient (Wildman–Crippen LogP) is 5.19. The van der Waals surface area contributed by atoms with Crippen LogP contribution in [0.4, 0.5) is 5.69 Å². The van der Waals surface area contributed by atoms with E-state index in [1.165, 1.54) is 0 Å². The van der Waals surface area contributed by atoms with Crippen molar-refractivity contribution in [3.05, 3.63) is 107 Å². The molecular weight excluding hydrogens is 480 g/mol. The zero-order valence-corrected chi connectivity index (χ0v) is 22.0. The molecule has 1 aliphatic heterocycles. The molecule has 2 N–H and O–H groups in total. The Labute approximate surface area is 222 Å². The van der Waals surface area contributed by atoms with E-state index in [0.717, 1.165) is 39.6 Å². The van der Waals surface area contributed by atoms with E-state index >= 15 is 0 Å². The number of anilines is 1. The number of carbonyl (C=O) groups excluding carboxylic acids is 1. The Balaban J connectivity index is 1.47. The number of carbonyl (C=O) groups is 1. The van der Waals surface area contributed by atoms with Crippen molar-refractivity contribution in [1.29, 1.82) is 0 Å². The zero-order valence-electron chi connectivity index (χ0n) is 21.2. The average Bonchev–Trinajstić information content (AvgIpc) is 3.39. The second-order valence-electron chi connectivity index (χ2n) is 9.31. The van der Waals surface area contributed by atoms with Gasteiger partial charge in [-0.1, -0.05) is 24.3 Å². The number of aryl methyl sites for hydroxylation is 2. The maximum atomic E-state index is 12.9. The first-order chi connectivity index (χ1) is 17.9. The Bertz CT molecular complexity index is 1420. The van der Waals surface area contributed by atoms with Crippen molar-refractivity contribution in [2.75, 3.05) is 11.9 Å². The Morgan fingerprint density at radius 3 is 2.59 bits per heavy atom. The first kappa shape index (κ1) is 24.6. The molecule has 0 spiro atoms. The van der Waals surface area contributed by atoms with Gasteiger partial charge in [0, 0.05) is 42.4 Å². The highest BCUT2D eigenvalue weighted by molar-refractivity contribution is 7.80. The molecule has 3 aromatic heterocycles. The number of hydrogen-bond donors (Lipinski definition) is 2. The van der Waals surface area contributed by atoms with Gasteiger partial charge < -0.3 is 20.1 Å². The van der Waals surface area contributed by atoms with Gasteiger partial charge in [0.2, 0.25) is 5.91 Å². The monoisotopic (exact) mass is 510 g/mol. The first-order valence-corrected chi connectivity index (χ1v) is 12.8. The smallest absolute Gasteiger partial charge is 0.226 e. The maximum Gasteiger partial charge on any atom is 0.226 e. The topological polar surface area (TPSA) is 75.1 Å². The van der Waals surface area contributed by atoms with Gasteiger partial charge in [-0.3, -0.25) is 14.8 Å². The van der Waals surface area contributed by atoms with E-state index in [9.17, 15) is 4.79 Å². The van der Waals surface area contributed by atoms with E-state index in [-0.39, 0.29) is 18.0 Å². The van der Waals surface area contributed by atoms with Crippen molar-refractivity contribution in [3.8, 4) is 5.69 Å². The standard InChI is InChI=1S/C29H30N6OS/c1-19-9-4-5-11-24(19)32-26(36)13-16-34-28(27(33-29(34)37)25-12-6-7-15-31-25)23-17-20(2)35(21(23)3)22-10-8-14-30-18-22/h4-12,14-15,17-18,27-28H,13,16H2,1-3H3,(H,32,36)(H,33,37)/t27-,28-/m1/s1. The molecule has 0 bridgehead atoms. The fourth-order valence-corrected chi connectivity index (χ4v) is 5.43. The van der Waals surface area contributed by atoms with E-state index in [2.05, 4.69) is 56.0 Å². The quantitative estimate of drug-likeness (QED) is 0.333. The SMILES string of the molecule is Cc1ccccc1NC(=O)CCN1C(=S)N[C@H](c2ccccn2)[C@H]1c1cc(C)n(-c2cccnc2)c1C. The molecule has 37 heavy (non-hydrogen) atoms. The summed E-state index contributed by atoms with van der Waals surface area (Å²) in [4.78, 5) is 24.0. The number of para-hydroxylation sites is 1. The molecule has 188 valence electrons. The van der Waals surface area contributed by atoms with Crippen LogP contribution in [0.5, 0.6) is 0 Å². The van der Waals surface area contributed by atoms with Gasteiger partial charge in [-0.15, -0.1) is 0 Å². The molecular formula is C29H30N6OS. The molecule has 4 heterocycles. The van der Waals surface area contributed by atoms with Gasteiger partial charge in [-0.05, 0) is 80.5 Å². The van der Waals surface area contributed by atoms with Crippen LogP contribution in [0, 0.1) is 20.8 Å². The summed E-state index contributed by atoms with van der Waals surface area (Å²) in [5.74, 6) is -0.0435. The molecule has 1 amide bonds. The number of benzene rings is 1.